The summed E-state index contributed by atoms with van der Waals surface area (Å²) in [6, 6.07) is 13.2. The second-order valence-electron chi connectivity index (χ2n) is 12.3. The maximum absolute atomic E-state index is 12.9. The number of amides is 1. The number of nitro groups is 1. The fourth-order valence-electron chi connectivity index (χ4n) is 6.18. The van der Waals surface area contributed by atoms with E-state index in [0.717, 1.165) is 47.9 Å². The van der Waals surface area contributed by atoms with Gasteiger partial charge in [0.2, 0.25) is 11.8 Å². The quantitative estimate of drug-likeness (QED) is 0.0692. The van der Waals surface area contributed by atoms with E-state index in [1.165, 1.54) is 6.20 Å². The standard InChI is InChI=1S/C34H44N8O5/c1-22-27(20-39-34-40-21-30(42(45)46)31(41-34)38-19-24-11-9-23(18-35)10-12-24)7-3-8-28(22)25-5-2-6-26(17-25)32(43)37-15-4-14-36-29-13-16-47-33(29)44/h2-3,5-8,17,21,23-24,29,36H,4,9-16,18-20,35H2,1H3,(H,37,43)(H2,38,39,40,41). The Morgan fingerprint density at radius 3 is 2.60 bits per heavy atom. The molecule has 1 saturated heterocycles. The molecule has 1 saturated carbocycles. The summed E-state index contributed by atoms with van der Waals surface area (Å²) in [6.07, 6.45) is 6.85. The summed E-state index contributed by atoms with van der Waals surface area (Å²) in [5.41, 5.74) is 10.2. The van der Waals surface area contributed by atoms with Gasteiger partial charge in [0, 0.05) is 31.6 Å². The topological polar surface area (TPSA) is 186 Å². The lowest BCUT2D eigenvalue weighted by atomic mass is 9.82. The Morgan fingerprint density at radius 1 is 1.06 bits per heavy atom. The number of esters is 1. The Morgan fingerprint density at radius 2 is 1.85 bits per heavy atom. The number of rotatable bonds is 15. The van der Waals surface area contributed by atoms with Crippen molar-refractivity contribution in [1.82, 2.24) is 20.6 Å². The van der Waals surface area contributed by atoms with Crippen molar-refractivity contribution >= 4 is 29.3 Å². The summed E-state index contributed by atoms with van der Waals surface area (Å²) >= 11 is 0. The van der Waals surface area contributed by atoms with Crippen LogP contribution in [-0.2, 0) is 16.1 Å². The first-order valence-corrected chi connectivity index (χ1v) is 16.4. The normalized spacial score (nSPS) is 19.2. The molecule has 2 heterocycles. The second kappa shape index (κ2) is 16.3. The van der Waals surface area contributed by atoms with E-state index in [-0.39, 0.29) is 29.4 Å². The Bertz CT molecular complexity index is 1560. The van der Waals surface area contributed by atoms with Crippen LogP contribution < -0.4 is 27.0 Å². The molecule has 6 N–H and O–H groups in total. The molecule has 0 bridgehead atoms. The second-order valence-corrected chi connectivity index (χ2v) is 12.3. The third kappa shape index (κ3) is 9.01. The highest BCUT2D eigenvalue weighted by molar-refractivity contribution is 5.95. The van der Waals surface area contributed by atoms with Gasteiger partial charge < -0.3 is 31.7 Å². The van der Waals surface area contributed by atoms with E-state index in [1.807, 2.05) is 43.3 Å². The number of nitrogens with one attached hydrogen (secondary N) is 4. The van der Waals surface area contributed by atoms with Gasteiger partial charge in [0.15, 0.2) is 0 Å². The van der Waals surface area contributed by atoms with Crippen molar-refractivity contribution in [2.45, 2.75) is 58.0 Å². The third-order valence-electron chi connectivity index (χ3n) is 9.11. The molecule has 1 aliphatic carbocycles. The molecule has 2 fully saturated rings. The Balaban J connectivity index is 1.18. The van der Waals surface area contributed by atoms with Gasteiger partial charge in [-0.1, -0.05) is 30.3 Å². The number of carbonyl (C=O) groups is 2. The van der Waals surface area contributed by atoms with Crippen LogP contribution >= 0.6 is 0 Å². The first kappa shape index (κ1) is 33.7. The third-order valence-corrected chi connectivity index (χ3v) is 9.11. The molecule has 0 radical (unpaired) electrons. The van der Waals surface area contributed by atoms with E-state index in [9.17, 15) is 19.7 Å². The zero-order valence-corrected chi connectivity index (χ0v) is 26.8. The van der Waals surface area contributed by atoms with Gasteiger partial charge in [-0.3, -0.25) is 19.7 Å². The van der Waals surface area contributed by atoms with Crippen molar-refractivity contribution < 1.29 is 19.2 Å². The van der Waals surface area contributed by atoms with Crippen LogP contribution in [0.1, 0.15) is 60.0 Å². The predicted molar refractivity (Wildman–Crippen MR) is 180 cm³/mol. The van der Waals surface area contributed by atoms with Gasteiger partial charge in [0.25, 0.3) is 5.91 Å². The molecule has 3 aromatic rings. The van der Waals surface area contributed by atoms with Crippen molar-refractivity contribution in [3.05, 3.63) is 75.5 Å². The number of nitrogens with zero attached hydrogens (tertiary/aromatic N) is 3. The van der Waals surface area contributed by atoms with Crippen molar-refractivity contribution in [2.75, 3.05) is 43.4 Å². The van der Waals surface area contributed by atoms with Crippen LogP contribution in [0.25, 0.3) is 11.1 Å². The van der Waals surface area contributed by atoms with Gasteiger partial charge in [-0.25, -0.2) is 4.98 Å². The SMILES string of the molecule is Cc1c(CNc2ncc([N+](=O)[O-])c(NCC3CCC(CN)CC3)n2)cccc1-c1cccc(C(=O)NCCCNC2CCOC2=O)c1. The first-order chi connectivity index (χ1) is 22.8. The molecular formula is C34H44N8O5. The van der Waals surface area contributed by atoms with E-state index in [0.29, 0.717) is 75.5 Å². The van der Waals surface area contributed by atoms with Gasteiger partial charge in [-0.15, -0.1) is 0 Å². The van der Waals surface area contributed by atoms with E-state index in [1.54, 1.807) is 6.07 Å². The number of hydrogen-bond acceptors (Lipinski definition) is 11. The van der Waals surface area contributed by atoms with Crippen LogP contribution in [0.3, 0.4) is 0 Å². The minimum absolute atomic E-state index is 0.152. The van der Waals surface area contributed by atoms with E-state index in [2.05, 4.69) is 31.2 Å². The van der Waals surface area contributed by atoms with Gasteiger partial charge in [-0.05, 0) is 98.3 Å². The fraction of sp³-hybridized carbons (Fsp3) is 0.471. The summed E-state index contributed by atoms with van der Waals surface area (Å²) in [5, 5.41) is 24.2. The summed E-state index contributed by atoms with van der Waals surface area (Å²) < 4.78 is 4.96. The number of nitrogens with two attached hydrogens (primary N) is 1. The molecule has 1 unspecified atom stereocenters. The average Bonchev–Trinajstić information content (AvgIpc) is 3.50. The number of benzene rings is 2. The Hall–Kier alpha value is -4.62. The lowest BCUT2D eigenvalue weighted by Gasteiger charge is -2.27. The summed E-state index contributed by atoms with van der Waals surface area (Å²) in [4.78, 5) is 44.3. The van der Waals surface area contributed by atoms with Crippen molar-refractivity contribution in [3.63, 3.8) is 0 Å². The molecule has 1 aliphatic heterocycles. The average molecular weight is 645 g/mol. The van der Waals surface area contributed by atoms with Crippen LogP contribution in [0.4, 0.5) is 17.5 Å². The lowest BCUT2D eigenvalue weighted by Crippen LogP contribution is -2.35. The molecule has 1 amide bonds. The van der Waals surface area contributed by atoms with Crippen LogP contribution in [0.15, 0.2) is 48.7 Å². The maximum atomic E-state index is 12.9. The van der Waals surface area contributed by atoms with Crippen LogP contribution in [0.5, 0.6) is 0 Å². The molecule has 2 aromatic carbocycles. The highest BCUT2D eigenvalue weighted by Crippen LogP contribution is 2.30. The highest BCUT2D eigenvalue weighted by Gasteiger charge is 2.25. The number of anilines is 2. The lowest BCUT2D eigenvalue weighted by molar-refractivity contribution is -0.384. The molecule has 0 spiro atoms. The van der Waals surface area contributed by atoms with Crippen LogP contribution in [0.2, 0.25) is 0 Å². The number of ether oxygens (including phenoxy) is 1. The fourth-order valence-corrected chi connectivity index (χ4v) is 6.18. The largest absolute Gasteiger partial charge is 0.464 e. The van der Waals surface area contributed by atoms with Gasteiger partial charge in [-0.2, -0.15) is 4.98 Å². The summed E-state index contributed by atoms with van der Waals surface area (Å²) in [7, 11) is 0. The van der Waals surface area contributed by atoms with Crippen LogP contribution in [-0.4, -0.2) is 65.6 Å². The van der Waals surface area contributed by atoms with Gasteiger partial charge in [0.05, 0.1) is 11.5 Å². The first-order valence-electron chi connectivity index (χ1n) is 16.4. The van der Waals surface area contributed by atoms with E-state index < -0.39 is 4.92 Å². The number of aromatic nitrogens is 2. The minimum atomic E-state index is -0.465. The predicted octanol–water partition coefficient (Wildman–Crippen LogP) is 4.17. The molecule has 47 heavy (non-hydrogen) atoms. The highest BCUT2D eigenvalue weighted by atomic mass is 16.6. The number of hydrogen-bond donors (Lipinski definition) is 5. The zero-order valence-electron chi connectivity index (χ0n) is 26.8. The number of carbonyl (C=O) groups excluding carboxylic acids is 2. The van der Waals surface area contributed by atoms with Crippen molar-refractivity contribution in [2.24, 2.45) is 17.6 Å². The summed E-state index contributed by atoms with van der Waals surface area (Å²) in [6.45, 7) is 5.30. The van der Waals surface area contributed by atoms with Crippen LogP contribution in [0, 0.1) is 28.9 Å². The summed E-state index contributed by atoms with van der Waals surface area (Å²) in [5.74, 6) is 1.12. The molecule has 250 valence electrons. The van der Waals surface area contributed by atoms with E-state index in [4.69, 9.17) is 10.5 Å². The molecular weight excluding hydrogens is 600 g/mol. The Labute approximate surface area is 274 Å². The molecule has 5 rings (SSSR count). The van der Waals surface area contributed by atoms with Gasteiger partial charge >= 0.3 is 11.7 Å². The number of cyclic esters (lactones) is 1. The molecule has 1 aromatic heterocycles. The Kier molecular flexibility index (Phi) is 11.7. The molecule has 2 aliphatic rings. The van der Waals surface area contributed by atoms with E-state index >= 15 is 0 Å². The van der Waals surface area contributed by atoms with Gasteiger partial charge in [0.1, 0.15) is 12.2 Å². The van der Waals surface area contributed by atoms with Crippen molar-refractivity contribution in [3.8, 4) is 11.1 Å². The maximum Gasteiger partial charge on any atom is 0.329 e. The van der Waals surface area contributed by atoms with Crippen molar-refractivity contribution in [1.29, 1.82) is 0 Å². The molecule has 13 heteroatoms. The zero-order chi connectivity index (χ0) is 33.2. The minimum Gasteiger partial charge on any atom is -0.464 e. The molecule has 13 nitrogen and oxygen atoms in total. The smallest absolute Gasteiger partial charge is 0.329 e. The molecule has 1 atom stereocenters. The monoisotopic (exact) mass is 644 g/mol.